The van der Waals surface area contributed by atoms with E-state index in [1.165, 1.54) is 4.90 Å². The number of benzene rings is 2. The number of para-hydroxylation sites is 2. The molecule has 1 aliphatic rings. The summed E-state index contributed by atoms with van der Waals surface area (Å²) in [5.74, 6) is 0. The molecule has 0 bridgehead atoms. The molecule has 0 unspecified atom stereocenters. The minimum Gasteiger partial charge on any atom is -0.359 e. The zero-order chi connectivity index (χ0) is 17.2. The molecular formula is C20H20Cl2N3+. The molecule has 0 amide bonds. The molecule has 1 aliphatic heterocycles. The third kappa shape index (κ3) is 3.59. The lowest BCUT2D eigenvalue weighted by Crippen LogP contribution is -3.13. The molecule has 128 valence electrons. The fraction of sp³-hybridized carbons (Fsp3) is 0.250. The van der Waals surface area contributed by atoms with Crippen molar-refractivity contribution < 1.29 is 4.90 Å². The van der Waals surface area contributed by atoms with Crippen LogP contribution in [0.1, 0.15) is 5.56 Å². The van der Waals surface area contributed by atoms with Gasteiger partial charge in [0.15, 0.2) is 0 Å². The van der Waals surface area contributed by atoms with Crippen molar-refractivity contribution in [3.05, 3.63) is 70.3 Å². The van der Waals surface area contributed by atoms with Crippen LogP contribution in [-0.2, 0) is 6.54 Å². The van der Waals surface area contributed by atoms with Crippen molar-refractivity contribution in [3.63, 3.8) is 0 Å². The van der Waals surface area contributed by atoms with E-state index in [0.717, 1.165) is 59.9 Å². The van der Waals surface area contributed by atoms with Crippen LogP contribution in [0, 0.1) is 0 Å². The average molecular weight is 373 g/mol. The van der Waals surface area contributed by atoms with Crippen LogP contribution in [0.3, 0.4) is 0 Å². The number of piperazine rings is 1. The van der Waals surface area contributed by atoms with Gasteiger partial charge < -0.3 is 9.80 Å². The highest BCUT2D eigenvalue weighted by atomic mass is 35.5. The normalized spacial score (nSPS) is 15.7. The Bertz CT molecular complexity index is 889. The summed E-state index contributed by atoms with van der Waals surface area (Å²) in [5.41, 5.74) is 3.21. The largest absolute Gasteiger partial charge is 0.359 e. The van der Waals surface area contributed by atoms with E-state index < -0.39 is 0 Å². The second kappa shape index (κ2) is 7.20. The van der Waals surface area contributed by atoms with E-state index in [4.69, 9.17) is 23.2 Å². The first-order valence-electron chi connectivity index (χ1n) is 8.58. The van der Waals surface area contributed by atoms with Crippen LogP contribution in [0.4, 0.5) is 5.69 Å². The van der Waals surface area contributed by atoms with Crippen molar-refractivity contribution in [1.82, 2.24) is 4.98 Å². The van der Waals surface area contributed by atoms with Crippen molar-refractivity contribution in [3.8, 4) is 0 Å². The fourth-order valence-electron chi connectivity index (χ4n) is 3.48. The first-order valence-corrected chi connectivity index (χ1v) is 9.33. The van der Waals surface area contributed by atoms with Crippen LogP contribution in [0.15, 0.2) is 54.6 Å². The molecule has 0 saturated carbocycles. The molecule has 4 rings (SSSR count). The maximum Gasteiger partial charge on any atom is 0.138 e. The molecule has 2 aromatic carbocycles. The third-order valence-corrected chi connectivity index (χ3v) is 5.50. The van der Waals surface area contributed by atoms with Crippen LogP contribution >= 0.6 is 23.2 Å². The number of anilines is 1. The SMILES string of the molecule is Clc1ccccc1N1CC[NH+](Cc2cc3ccccc3nc2Cl)CC1. The number of aromatic nitrogens is 1. The molecule has 0 atom stereocenters. The van der Waals surface area contributed by atoms with Gasteiger partial charge in [0.25, 0.3) is 0 Å². The topological polar surface area (TPSA) is 20.6 Å². The summed E-state index contributed by atoms with van der Waals surface area (Å²) in [6, 6.07) is 18.4. The molecule has 0 spiro atoms. The predicted molar refractivity (Wildman–Crippen MR) is 105 cm³/mol. The zero-order valence-corrected chi connectivity index (χ0v) is 15.4. The molecule has 5 heteroatoms. The maximum atomic E-state index is 6.42. The summed E-state index contributed by atoms with van der Waals surface area (Å²) in [4.78, 5) is 8.44. The van der Waals surface area contributed by atoms with Crippen LogP contribution in [0.25, 0.3) is 10.9 Å². The second-order valence-corrected chi connectivity index (χ2v) is 7.26. The predicted octanol–water partition coefficient (Wildman–Crippen LogP) is 3.45. The van der Waals surface area contributed by atoms with Gasteiger partial charge >= 0.3 is 0 Å². The number of fused-ring (bicyclic) bond motifs is 1. The zero-order valence-electron chi connectivity index (χ0n) is 13.9. The summed E-state index contributed by atoms with van der Waals surface area (Å²) >= 11 is 12.7. The van der Waals surface area contributed by atoms with E-state index in [2.05, 4.69) is 28.1 Å². The number of nitrogens with zero attached hydrogens (tertiary/aromatic N) is 2. The van der Waals surface area contributed by atoms with Crippen LogP contribution in [-0.4, -0.2) is 31.2 Å². The molecule has 0 radical (unpaired) electrons. The van der Waals surface area contributed by atoms with Crippen molar-refractivity contribution in [2.24, 2.45) is 0 Å². The molecule has 2 heterocycles. The van der Waals surface area contributed by atoms with E-state index in [9.17, 15) is 0 Å². The van der Waals surface area contributed by atoms with E-state index in [1.54, 1.807) is 0 Å². The number of rotatable bonds is 3. The summed E-state index contributed by atoms with van der Waals surface area (Å²) in [5, 5.41) is 2.60. The molecule has 25 heavy (non-hydrogen) atoms. The fourth-order valence-corrected chi connectivity index (χ4v) is 3.95. The number of nitrogens with one attached hydrogen (secondary N) is 1. The summed E-state index contributed by atoms with van der Waals surface area (Å²) in [6.07, 6.45) is 0. The first-order chi connectivity index (χ1) is 12.2. The molecule has 0 aliphatic carbocycles. The Morgan fingerprint density at radius 3 is 2.48 bits per heavy atom. The Morgan fingerprint density at radius 1 is 0.960 bits per heavy atom. The number of hydrogen-bond donors (Lipinski definition) is 1. The van der Waals surface area contributed by atoms with Gasteiger partial charge in [0, 0.05) is 10.9 Å². The Balaban J connectivity index is 1.45. The van der Waals surface area contributed by atoms with Crippen LogP contribution in [0.5, 0.6) is 0 Å². The highest BCUT2D eigenvalue weighted by Crippen LogP contribution is 2.25. The van der Waals surface area contributed by atoms with E-state index in [-0.39, 0.29) is 0 Å². The van der Waals surface area contributed by atoms with Gasteiger partial charge in [0.05, 0.1) is 42.4 Å². The molecule has 1 saturated heterocycles. The molecule has 3 nitrogen and oxygen atoms in total. The minimum absolute atomic E-state index is 0.625. The highest BCUT2D eigenvalue weighted by molar-refractivity contribution is 6.33. The van der Waals surface area contributed by atoms with Gasteiger partial charge in [0.2, 0.25) is 0 Å². The van der Waals surface area contributed by atoms with Crippen molar-refractivity contribution >= 4 is 39.8 Å². The lowest BCUT2D eigenvalue weighted by Gasteiger charge is -2.34. The average Bonchev–Trinajstić information content (AvgIpc) is 2.63. The molecule has 3 aromatic rings. The maximum absolute atomic E-state index is 6.42. The highest BCUT2D eigenvalue weighted by Gasteiger charge is 2.22. The summed E-state index contributed by atoms with van der Waals surface area (Å²) in [6.45, 7) is 5.03. The van der Waals surface area contributed by atoms with Crippen molar-refractivity contribution in [1.29, 1.82) is 0 Å². The van der Waals surface area contributed by atoms with Gasteiger partial charge in [-0.1, -0.05) is 53.5 Å². The Hall–Kier alpha value is -1.81. The number of hydrogen-bond acceptors (Lipinski definition) is 2. The van der Waals surface area contributed by atoms with Crippen LogP contribution in [0.2, 0.25) is 10.2 Å². The standard InChI is InChI=1S/C20H19Cl2N3/c21-17-6-2-4-8-19(17)25-11-9-24(10-12-25)14-16-13-15-5-1-3-7-18(15)23-20(16)22/h1-8,13H,9-12,14H2/p+1. The number of pyridine rings is 1. The van der Waals surface area contributed by atoms with Crippen LogP contribution < -0.4 is 9.80 Å². The Kier molecular flexibility index (Phi) is 4.80. The summed E-state index contributed by atoms with van der Waals surface area (Å²) < 4.78 is 0. The number of halogens is 2. The van der Waals surface area contributed by atoms with Gasteiger partial charge in [-0.2, -0.15) is 0 Å². The Labute approximate surface area is 157 Å². The summed E-state index contributed by atoms with van der Waals surface area (Å²) in [7, 11) is 0. The monoisotopic (exact) mass is 372 g/mol. The van der Waals surface area contributed by atoms with Gasteiger partial charge in [0.1, 0.15) is 11.7 Å². The molecule has 1 fully saturated rings. The quantitative estimate of drug-likeness (QED) is 0.710. The van der Waals surface area contributed by atoms with E-state index >= 15 is 0 Å². The molecule has 1 N–H and O–H groups in total. The minimum atomic E-state index is 0.625. The first kappa shape index (κ1) is 16.6. The van der Waals surface area contributed by atoms with Crippen molar-refractivity contribution in [2.45, 2.75) is 6.54 Å². The van der Waals surface area contributed by atoms with E-state index in [0.29, 0.717) is 5.15 Å². The van der Waals surface area contributed by atoms with Gasteiger partial charge in [-0.3, -0.25) is 0 Å². The molecular weight excluding hydrogens is 353 g/mol. The lowest BCUT2D eigenvalue weighted by molar-refractivity contribution is -0.914. The third-order valence-electron chi connectivity index (χ3n) is 4.85. The van der Waals surface area contributed by atoms with Gasteiger partial charge in [-0.25, -0.2) is 4.98 Å². The lowest BCUT2D eigenvalue weighted by atomic mass is 10.1. The second-order valence-electron chi connectivity index (χ2n) is 6.50. The van der Waals surface area contributed by atoms with Gasteiger partial charge in [-0.15, -0.1) is 0 Å². The Morgan fingerprint density at radius 2 is 1.68 bits per heavy atom. The smallest absolute Gasteiger partial charge is 0.138 e. The van der Waals surface area contributed by atoms with Gasteiger partial charge in [-0.05, 0) is 24.3 Å². The van der Waals surface area contributed by atoms with E-state index in [1.807, 2.05) is 36.4 Å². The number of quaternary nitrogens is 1. The van der Waals surface area contributed by atoms with Crippen molar-refractivity contribution in [2.75, 3.05) is 31.1 Å². The molecule has 1 aromatic heterocycles.